The van der Waals surface area contributed by atoms with E-state index < -0.39 is 0 Å². The maximum absolute atomic E-state index is 13.4. The number of carbonyl (C=O) groups is 3. The topological polar surface area (TPSA) is 182 Å². The van der Waals surface area contributed by atoms with E-state index in [-0.39, 0.29) is 11.8 Å². The molecule has 0 saturated heterocycles. The number of aromatic nitrogens is 8. The SMILES string of the molecule is CCn1nc(C)cc1C(=O)Nc1nc2cc(C=O)ccc2n1C/C=C/Cn1c(NC(=O)c2cc(C)nn2CC)nc2cccc(OC)c21.CN. The van der Waals surface area contributed by atoms with Gasteiger partial charge in [0.25, 0.3) is 11.8 Å². The minimum absolute atomic E-state index is 0.323. The van der Waals surface area contributed by atoms with Crippen molar-refractivity contribution in [2.75, 3.05) is 24.8 Å². The third-order valence-corrected chi connectivity index (χ3v) is 7.92. The smallest absolute Gasteiger partial charge is 0.276 e. The first kappa shape index (κ1) is 35.2. The number of aryl methyl sites for hydroxylation is 4. The fraction of sp³-hybridized carbons (Fsp3) is 0.286. The number of nitrogens with two attached hydrogens (primary N) is 1. The van der Waals surface area contributed by atoms with Gasteiger partial charge in [-0.15, -0.1) is 0 Å². The summed E-state index contributed by atoms with van der Waals surface area (Å²) in [6.07, 6.45) is 4.64. The van der Waals surface area contributed by atoms with Crippen LogP contribution in [0.3, 0.4) is 0 Å². The van der Waals surface area contributed by atoms with Crippen LogP contribution in [-0.2, 0) is 26.2 Å². The summed E-state index contributed by atoms with van der Waals surface area (Å²) in [7, 11) is 3.09. The monoisotopic (exact) mass is 679 g/mol. The highest BCUT2D eigenvalue weighted by molar-refractivity contribution is 6.04. The van der Waals surface area contributed by atoms with Crippen LogP contribution < -0.4 is 21.1 Å². The van der Waals surface area contributed by atoms with Crippen LogP contribution in [0.25, 0.3) is 22.1 Å². The van der Waals surface area contributed by atoms with E-state index in [1.807, 2.05) is 67.2 Å². The van der Waals surface area contributed by atoms with Crippen molar-refractivity contribution in [2.24, 2.45) is 5.73 Å². The van der Waals surface area contributed by atoms with Crippen molar-refractivity contribution in [3.05, 3.63) is 89.0 Å². The molecule has 0 unspecified atom stereocenters. The number of rotatable bonds is 12. The lowest BCUT2D eigenvalue weighted by molar-refractivity contribution is 0.100. The number of benzene rings is 2. The van der Waals surface area contributed by atoms with Crippen LogP contribution in [0.4, 0.5) is 11.9 Å². The first-order valence-corrected chi connectivity index (χ1v) is 16.2. The number of hydrogen-bond donors (Lipinski definition) is 3. The standard InChI is InChI=1S/C34H36N10O4.CH5N/c1-6-43-27(17-21(3)39-43)31(46)37-33-36-25-19-23(20-45)13-14-26(25)41(33)15-8-9-16-42-30-24(11-10-12-29(30)48-5)35-34(42)38-32(47)28-18-22(4)40-44(28)7-2;1-2/h8-14,17-20H,6-7,15-16H2,1-5H3,(H,35,38,47)(H,36,37,46);2H2,1H3/b9-8+;. The molecule has 4 aromatic heterocycles. The summed E-state index contributed by atoms with van der Waals surface area (Å²) in [6.45, 7) is 9.30. The molecule has 0 aliphatic heterocycles. The van der Waals surface area contributed by atoms with Gasteiger partial charge in [0.2, 0.25) is 11.9 Å². The summed E-state index contributed by atoms with van der Waals surface area (Å²) < 4.78 is 12.7. The first-order chi connectivity index (χ1) is 24.2. The third kappa shape index (κ3) is 7.03. The van der Waals surface area contributed by atoms with Crippen molar-refractivity contribution in [3.63, 3.8) is 0 Å². The summed E-state index contributed by atoms with van der Waals surface area (Å²) in [4.78, 5) is 47.6. The van der Waals surface area contributed by atoms with Gasteiger partial charge < -0.3 is 19.6 Å². The zero-order chi connectivity index (χ0) is 35.9. The van der Waals surface area contributed by atoms with E-state index in [0.717, 1.165) is 28.7 Å². The van der Waals surface area contributed by atoms with Gasteiger partial charge in [0.1, 0.15) is 28.9 Å². The number of fused-ring (bicyclic) bond motifs is 2. The van der Waals surface area contributed by atoms with E-state index in [2.05, 4.69) is 31.5 Å². The molecule has 0 aliphatic carbocycles. The predicted molar refractivity (Wildman–Crippen MR) is 192 cm³/mol. The van der Waals surface area contributed by atoms with Gasteiger partial charge in [0, 0.05) is 31.7 Å². The van der Waals surface area contributed by atoms with Crippen LogP contribution >= 0.6 is 0 Å². The molecule has 4 heterocycles. The number of amides is 2. The Morgan fingerprint density at radius 1 is 0.800 bits per heavy atom. The average Bonchev–Trinajstić information content (AvgIpc) is 3.89. The number of methoxy groups -OCH3 is 1. The molecule has 0 saturated carbocycles. The summed E-state index contributed by atoms with van der Waals surface area (Å²) in [5.41, 5.74) is 10.0. The highest BCUT2D eigenvalue weighted by Crippen LogP contribution is 2.29. The fourth-order valence-electron chi connectivity index (χ4n) is 5.72. The summed E-state index contributed by atoms with van der Waals surface area (Å²) in [5, 5.41) is 14.7. The summed E-state index contributed by atoms with van der Waals surface area (Å²) >= 11 is 0. The lowest BCUT2D eigenvalue weighted by Gasteiger charge is -2.11. The number of hydrogen-bond acceptors (Lipinski definition) is 9. The third-order valence-electron chi connectivity index (χ3n) is 7.92. The minimum Gasteiger partial charge on any atom is -0.494 e. The van der Waals surface area contributed by atoms with E-state index in [0.29, 0.717) is 71.8 Å². The second-order valence-corrected chi connectivity index (χ2v) is 11.1. The van der Waals surface area contributed by atoms with Gasteiger partial charge in [-0.2, -0.15) is 10.2 Å². The molecule has 2 amide bonds. The van der Waals surface area contributed by atoms with Gasteiger partial charge in [-0.05, 0) is 77.2 Å². The maximum Gasteiger partial charge on any atom is 0.276 e. The molecular formula is C35H41N11O4. The number of imidazole rings is 2. The molecule has 50 heavy (non-hydrogen) atoms. The number of nitrogens with zero attached hydrogens (tertiary/aromatic N) is 8. The fourth-order valence-corrected chi connectivity index (χ4v) is 5.72. The molecule has 0 radical (unpaired) electrons. The number of para-hydroxylation sites is 1. The van der Waals surface area contributed by atoms with Crippen LogP contribution in [-0.4, -0.2) is 70.9 Å². The summed E-state index contributed by atoms with van der Waals surface area (Å²) in [5.74, 6) is 0.634. The average molecular weight is 680 g/mol. The second kappa shape index (κ2) is 15.4. The lowest BCUT2D eigenvalue weighted by atomic mass is 10.2. The number of carbonyl (C=O) groups excluding carboxylic acids is 3. The van der Waals surface area contributed by atoms with Crippen LogP contribution in [0, 0.1) is 13.8 Å². The van der Waals surface area contributed by atoms with Crippen molar-refractivity contribution in [1.29, 1.82) is 0 Å². The molecule has 0 spiro atoms. The quantitative estimate of drug-likeness (QED) is 0.123. The van der Waals surface area contributed by atoms with E-state index in [4.69, 9.17) is 9.72 Å². The number of aldehydes is 1. The van der Waals surface area contributed by atoms with Crippen LogP contribution in [0.5, 0.6) is 5.75 Å². The molecule has 260 valence electrons. The number of anilines is 2. The van der Waals surface area contributed by atoms with E-state index in [1.54, 1.807) is 46.8 Å². The number of nitrogens with one attached hydrogen (secondary N) is 2. The lowest BCUT2D eigenvalue weighted by Crippen LogP contribution is -2.20. The molecule has 4 N–H and O–H groups in total. The molecule has 0 atom stereocenters. The molecular weight excluding hydrogens is 638 g/mol. The molecule has 2 aromatic carbocycles. The van der Waals surface area contributed by atoms with Crippen molar-refractivity contribution in [2.45, 2.75) is 53.9 Å². The molecule has 6 aromatic rings. The first-order valence-electron chi connectivity index (χ1n) is 16.2. The Hall–Kier alpha value is -6.09. The molecule has 15 nitrogen and oxygen atoms in total. The summed E-state index contributed by atoms with van der Waals surface area (Å²) in [6, 6.07) is 14.2. The Labute approximate surface area is 288 Å². The van der Waals surface area contributed by atoms with Crippen molar-refractivity contribution in [3.8, 4) is 5.75 Å². The van der Waals surface area contributed by atoms with Gasteiger partial charge in [-0.3, -0.25) is 34.4 Å². The molecule has 0 bridgehead atoms. The largest absolute Gasteiger partial charge is 0.494 e. The zero-order valence-corrected chi connectivity index (χ0v) is 29.0. The molecule has 0 fully saturated rings. The van der Waals surface area contributed by atoms with Gasteiger partial charge in [-0.1, -0.05) is 18.2 Å². The van der Waals surface area contributed by atoms with Gasteiger partial charge in [0.15, 0.2) is 0 Å². The van der Waals surface area contributed by atoms with E-state index in [9.17, 15) is 14.4 Å². The van der Waals surface area contributed by atoms with Gasteiger partial charge in [0.05, 0.1) is 35.0 Å². The highest BCUT2D eigenvalue weighted by Gasteiger charge is 2.21. The predicted octanol–water partition coefficient (Wildman–Crippen LogP) is 4.59. The van der Waals surface area contributed by atoms with Gasteiger partial charge >= 0.3 is 0 Å². The normalized spacial score (nSPS) is 11.2. The zero-order valence-electron chi connectivity index (χ0n) is 29.0. The van der Waals surface area contributed by atoms with Crippen molar-refractivity contribution in [1.82, 2.24) is 38.7 Å². The van der Waals surface area contributed by atoms with Crippen LogP contribution in [0.2, 0.25) is 0 Å². The Balaban J connectivity index is 0.00000239. The Morgan fingerprint density at radius 3 is 1.92 bits per heavy atom. The van der Waals surface area contributed by atoms with Gasteiger partial charge in [-0.25, -0.2) is 9.97 Å². The Kier molecular flexibility index (Phi) is 10.9. The maximum atomic E-state index is 13.4. The number of allylic oxidation sites excluding steroid dienone is 2. The van der Waals surface area contributed by atoms with E-state index >= 15 is 0 Å². The van der Waals surface area contributed by atoms with Crippen LogP contribution in [0.15, 0.2) is 60.7 Å². The molecule has 0 aliphatic rings. The second-order valence-electron chi connectivity index (χ2n) is 11.1. The molecule has 6 rings (SSSR count). The number of ether oxygens (including phenoxy) is 1. The van der Waals surface area contributed by atoms with Crippen molar-refractivity contribution >= 4 is 52.1 Å². The minimum atomic E-state index is -0.342. The van der Waals surface area contributed by atoms with E-state index in [1.165, 1.54) is 7.05 Å². The van der Waals surface area contributed by atoms with Crippen molar-refractivity contribution < 1.29 is 19.1 Å². The Morgan fingerprint density at radius 2 is 1.36 bits per heavy atom. The highest BCUT2D eigenvalue weighted by atomic mass is 16.5. The van der Waals surface area contributed by atoms with Crippen LogP contribution in [0.1, 0.15) is 56.6 Å². The Bertz CT molecular complexity index is 2200. The molecule has 15 heteroatoms.